The van der Waals surface area contributed by atoms with Crippen molar-refractivity contribution < 1.29 is 8.42 Å². The summed E-state index contributed by atoms with van der Waals surface area (Å²) in [5.41, 5.74) is 0. The summed E-state index contributed by atoms with van der Waals surface area (Å²) in [6.45, 7) is 9.40. The smallest absolute Gasteiger partial charge is 0.242 e. The highest BCUT2D eigenvalue weighted by atomic mass is 79.9. The Morgan fingerprint density at radius 3 is 2.29 bits per heavy atom. The van der Waals surface area contributed by atoms with Crippen molar-refractivity contribution in [3.05, 3.63) is 27.7 Å². The number of halogens is 2. The maximum absolute atomic E-state index is 12.3. The molecule has 0 aliphatic carbocycles. The zero-order valence-corrected chi connectivity index (χ0v) is 15.9. The highest BCUT2D eigenvalue weighted by molar-refractivity contribution is 9.10. The zero-order chi connectivity index (χ0) is 16.2. The van der Waals surface area contributed by atoms with Crippen molar-refractivity contribution in [2.24, 2.45) is 0 Å². The van der Waals surface area contributed by atoms with E-state index in [1.54, 1.807) is 12.1 Å². The van der Waals surface area contributed by atoms with Crippen LogP contribution >= 0.6 is 27.5 Å². The molecule has 0 saturated heterocycles. The van der Waals surface area contributed by atoms with Gasteiger partial charge in [0, 0.05) is 29.6 Å². The number of sulfonamides is 1. The summed E-state index contributed by atoms with van der Waals surface area (Å²) in [6.07, 6.45) is 0. The van der Waals surface area contributed by atoms with E-state index in [1.807, 2.05) is 0 Å². The van der Waals surface area contributed by atoms with E-state index >= 15 is 0 Å². The lowest BCUT2D eigenvalue weighted by Gasteiger charge is -2.30. The van der Waals surface area contributed by atoms with E-state index in [4.69, 9.17) is 11.6 Å². The second-order valence-electron chi connectivity index (χ2n) is 5.40. The lowest BCUT2D eigenvalue weighted by Crippen LogP contribution is -2.42. The molecule has 21 heavy (non-hydrogen) atoms. The Labute approximate surface area is 141 Å². The van der Waals surface area contributed by atoms with Crippen LogP contribution in [0.15, 0.2) is 27.6 Å². The molecule has 7 heteroatoms. The molecule has 1 aromatic rings. The Morgan fingerprint density at radius 1 is 1.24 bits per heavy atom. The average Bonchev–Trinajstić information content (AvgIpc) is 2.33. The summed E-state index contributed by atoms with van der Waals surface area (Å²) in [5, 5.41) is 0.210. The number of nitrogens with zero attached hydrogens (tertiary/aromatic N) is 1. The van der Waals surface area contributed by atoms with Gasteiger partial charge in [0.2, 0.25) is 10.0 Å². The van der Waals surface area contributed by atoms with Gasteiger partial charge < -0.3 is 0 Å². The van der Waals surface area contributed by atoms with Crippen LogP contribution < -0.4 is 4.72 Å². The summed E-state index contributed by atoms with van der Waals surface area (Å²) in [6, 6.07) is 5.47. The van der Waals surface area contributed by atoms with Crippen LogP contribution in [0.2, 0.25) is 5.02 Å². The van der Waals surface area contributed by atoms with E-state index in [-0.39, 0.29) is 9.92 Å². The number of rotatable bonds is 7. The maximum atomic E-state index is 12.3. The van der Waals surface area contributed by atoms with E-state index in [9.17, 15) is 8.42 Å². The van der Waals surface area contributed by atoms with E-state index in [2.05, 4.69) is 53.2 Å². The van der Waals surface area contributed by atoms with Gasteiger partial charge in [-0.25, -0.2) is 13.1 Å². The monoisotopic (exact) mass is 396 g/mol. The predicted octanol–water partition coefficient (Wildman–Crippen LogP) is 3.50. The number of benzene rings is 1. The fourth-order valence-corrected chi connectivity index (χ4v) is 4.25. The highest BCUT2D eigenvalue weighted by Crippen LogP contribution is 2.24. The second kappa shape index (κ2) is 7.92. The fourth-order valence-electron chi connectivity index (χ4n) is 2.19. The summed E-state index contributed by atoms with van der Waals surface area (Å²) in [5.74, 6) is 0. The molecule has 0 spiro atoms. The Bertz CT molecular complexity index is 568. The molecule has 1 rings (SSSR count). The molecule has 0 unspecified atom stereocenters. The zero-order valence-electron chi connectivity index (χ0n) is 12.7. The van der Waals surface area contributed by atoms with Crippen molar-refractivity contribution in [1.82, 2.24) is 9.62 Å². The lowest BCUT2D eigenvalue weighted by atomic mass is 10.2. The first kappa shape index (κ1) is 18.9. The maximum Gasteiger partial charge on any atom is 0.242 e. The van der Waals surface area contributed by atoms with Gasteiger partial charge in [0.25, 0.3) is 0 Å². The van der Waals surface area contributed by atoms with Crippen LogP contribution in [0.5, 0.6) is 0 Å². The minimum atomic E-state index is -3.58. The molecule has 0 amide bonds. The molecule has 4 nitrogen and oxygen atoms in total. The van der Waals surface area contributed by atoms with Gasteiger partial charge in [-0.15, -0.1) is 0 Å². The van der Waals surface area contributed by atoms with E-state index in [0.29, 0.717) is 25.2 Å². The van der Waals surface area contributed by atoms with Crippen LogP contribution in [0.3, 0.4) is 0 Å². The number of hydrogen-bond acceptors (Lipinski definition) is 3. The normalized spacial score (nSPS) is 12.6. The molecule has 0 bridgehead atoms. The Hall–Kier alpha value is -0.140. The first-order chi connectivity index (χ1) is 9.65. The molecule has 0 aromatic heterocycles. The molecule has 1 N–H and O–H groups in total. The quantitative estimate of drug-likeness (QED) is 0.766. The minimum absolute atomic E-state index is 0.105. The first-order valence-corrected chi connectivity index (χ1v) is 9.51. The van der Waals surface area contributed by atoms with Crippen LogP contribution in [-0.2, 0) is 10.0 Å². The molecule has 0 saturated carbocycles. The minimum Gasteiger partial charge on any atom is -0.297 e. The van der Waals surface area contributed by atoms with Gasteiger partial charge in [-0.1, -0.05) is 27.5 Å². The molecule has 0 radical (unpaired) electrons. The van der Waals surface area contributed by atoms with Crippen molar-refractivity contribution in [1.29, 1.82) is 0 Å². The summed E-state index contributed by atoms with van der Waals surface area (Å²) < 4.78 is 27.9. The van der Waals surface area contributed by atoms with Crippen LogP contribution in [0.25, 0.3) is 0 Å². The fraction of sp³-hybridized carbons (Fsp3) is 0.571. The Morgan fingerprint density at radius 2 is 1.81 bits per heavy atom. The molecule has 120 valence electrons. The molecular weight excluding hydrogens is 376 g/mol. The van der Waals surface area contributed by atoms with Crippen LogP contribution in [0.4, 0.5) is 0 Å². The van der Waals surface area contributed by atoms with Gasteiger partial charge in [-0.05, 0) is 45.9 Å². The largest absolute Gasteiger partial charge is 0.297 e. The number of hydrogen-bond donors (Lipinski definition) is 1. The van der Waals surface area contributed by atoms with Gasteiger partial charge in [0.15, 0.2) is 0 Å². The average molecular weight is 398 g/mol. The molecule has 0 aliphatic heterocycles. The Balaban J connectivity index is 2.73. The topological polar surface area (TPSA) is 49.4 Å². The van der Waals surface area contributed by atoms with E-state index in [0.717, 1.165) is 4.47 Å². The van der Waals surface area contributed by atoms with E-state index < -0.39 is 10.0 Å². The summed E-state index contributed by atoms with van der Waals surface area (Å²) in [4.78, 5) is 2.33. The third-order valence-electron chi connectivity index (χ3n) is 3.17. The van der Waals surface area contributed by atoms with E-state index in [1.165, 1.54) is 6.07 Å². The molecule has 1 aromatic carbocycles. The van der Waals surface area contributed by atoms with Gasteiger partial charge in [0.05, 0.1) is 5.02 Å². The van der Waals surface area contributed by atoms with Gasteiger partial charge in [-0.2, -0.15) is 0 Å². The van der Waals surface area contributed by atoms with Crippen LogP contribution in [0.1, 0.15) is 27.7 Å². The van der Waals surface area contributed by atoms with Crippen molar-refractivity contribution in [2.45, 2.75) is 44.7 Å². The molecule has 0 heterocycles. The molecular formula is C14H22BrClN2O2S. The summed E-state index contributed by atoms with van der Waals surface area (Å²) >= 11 is 9.26. The standard InChI is InChI=1S/C14H22BrClN2O2S/c1-10(2)18(11(3)4)8-7-17-21(19,20)14-6-5-12(15)9-13(14)16/h5-6,9-11,17H,7-8H2,1-4H3. The van der Waals surface area contributed by atoms with Gasteiger partial charge in [-0.3, -0.25) is 4.90 Å². The molecule has 0 fully saturated rings. The molecule has 0 aliphatic rings. The van der Waals surface area contributed by atoms with Gasteiger partial charge in [0.1, 0.15) is 4.90 Å². The molecule has 0 atom stereocenters. The van der Waals surface area contributed by atoms with Crippen molar-refractivity contribution in [3.8, 4) is 0 Å². The first-order valence-electron chi connectivity index (χ1n) is 6.85. The third kappa shape index (κ3) is 5.53. The van der Waals surface area contributed by atoms with Crippen molar-refractivity contribution in [2.75, 3.05) is 13.1 Å². The SMILES string of the molecule is CC(C)N(CCNS(=O)(=O)c1ccc(Br)cc1Cl)C(C)C. The highest BCUT2D eigenvalue weighted by Gasteiger charge is 2.19. The van der Waals surface area contributed by atoms with Crippen LogP contribution in [0, 0.1) is 0 Å². The Kier molecular flexibility index (Phi) is 7.13. The van der Waals surface area contributed by atoms with Crippen molar-refractivity contribution >= 4 is 37.6 Å². The lowest BCUT2D eigenvalue weighted by molar-refractivity contribution is 0.179. The third-order valence-corrected chi connectivity index (χ3v) is 5.61. The van der Waals surface area contributed by atoms with Crippen molar-refractivity contribution in [3.63, 3.8) is 0 Å². The van der Waals surface area contributed by atoms with Crippen LogP contribution in [-0.4, -0.2) is 38.5 Å². The number of nitrogens with one attached hydrogen (secondary N) is 1. The predicted molar refractivity (Wildman–Crippen MR) is 91.3 cm³/mol. The summed E-state index contributed by atoms with van der Waals surface area (Å²) in [7, 11) is -3.58. The second-order valence-corrected chi connectivity index (χ2v) is 8.46. The van der Waals surface area contributed by atoms with Gasteiger partial charge >= 0.3 is 0 Å².